The molecule has 0 aromatic heterocycles. The van der Waals surface area contributed by atoms with Gasteiger partial charge in [0.25, 0.3) is 0 Å². The second-order valence-corrected chi connectivity index (χ2v) is 4.62. The summed E-state index contributed by atoms with van der Waals surface area (Å²) in [5, 5.41) is 0. The minimum Gasteiger partial charge on any atom is -0.466 e. The summed E-state index contributed by atoms with van der Waals surface area (Å²) in [5.74, 6) is -0.354. The third-order valence-corrected chi connectivity index (χ3v) is 3.02. The van der Waals surface area contributed by atoms with Crippen LogP contribution >= 0.6 is 0 Å². The molecule has 2 saturated heterocycles. The maximum absolute atomic E-state index is 10.9. The van der Waals surface area contributed by atoms with Crippen molar-refractivity contribution in [3.05, 3.63) is 12.2 Å². The van der Waals surface area contributed by atoms with Gasteiger partial charge in [-0.05, 0) is 13.3 Å². The van der Waals surface area contributed by atoms with Gasteiger partial charge in [-0.2, -0.15) is 0 Å². The number of hydrogen-bond acceptors (Lipinski definition) is 5. The van der Waals surface area contributed by atoms with Crippen molar-refractivity contribution in [3.8, 4) is 0 Å². The Bertz CT molecular complexity index is 314. The molecule has 0 aromatic rings. The van der Waals surface area contributed by atoms with Gasteiger partial charge in [-0.1, -0.05) is 6.08 Å². The van der Waals surface area contributed by atoms with Crippen molar-refractivity contribution in [3.63, 3.8) is 0 Å². The minimum atomic E-state index is -0.389. The molecule has 0 radical (unpaired) electrons. The minimum absolute atomic E-state index is 0.0141. The van der Waals surface area contributed by atoms with Gasteiger partial charge in [0, 0.05) is 6.08 Å². The molecule has 5 heteroatoms. The van der Waals surface area contributed by atoms with Crippen LogP contribution in [-0.4, -0.2) is 50.7 Å². The lowest BCUT2D eigenvalue weighted by Gasteiger charge is -2.39. The SMILES string of the molecule is COC(=O)/C=C/C[C@@]1(C)CO[C@@H]2COC[C@H]2O1. The molecule has 0 N–H and O–H groups in total. The van der Waals surface area contributed by atoms with Gasteiger partial charge < -0.3 is 18.9 Å². The van der Waals surface area contributed by atoms with Crippen molar-refractivity contribution in [2.75, 3.05) is 26.9 Å². The number of methoxy groups -OCH3 is 1. The first-order chi connectivity index (χ1) is 8.13. The standard InChI is InChI=1S/C12H18O5/c1-12(5-3-4-11(13)14-2)8-16-9-6-15-7-10(9)17-12/h3-4,9-10H,5-8H2,1-2H3/b4-3+/t9-,10-,12+/m1/s1. The highest BCUT2D eigenvalue weighted by Gasteiger charge is 2.41. The smallest absolute Gasteiger partial charge is 0.330 e. The molecule has 2 fully saturated rings. The maximum atomic E-state index is 10.9. The first kappa shape index (κ1) is 12.5. The Hall–Kier alpha value is -0.910. The number of carbonyl (C=O) groups excluding carboxylic acids is 1. The second-order valence-electron chi connectivity index (χ2n) is 4.62. The van der Waals surface area contributed by atoms with Crippen LogP contribution in [0.5, 0.6) is 0 Å². The van der Waals surface area contributed by atoms with E-state index in [1.807, 2.05) is 6.92 Å². The van der Waals surface area contributed by atoms with Gasteiger partial charge in [-0.25, -0.2) is 4.79 Å². The Morgan fingerprint density at radius 3 is 3.00 bits per heavy atom. The van der Waals surface area contributed by atoms with E-state index < -0.39 is 0 Å². The van der Waals surface area contributed by atoms with E-state index in [-0.39, 0.29) is 23.8 Å². The number of carbonyl (C=O) groups is 1. The largest absolute Gasteiger partial charge is 0.466 e. The molecule has 3 atom stereocenters. The molecule has 2 aliphatic rings. The van der Waals surface area contributed by atoms with Crippen LogP contribution in [0.3, 0.4) is 0 Å². The van der Waals surface area contributed by atoms with Crippen LogP contribution in [0.25, 0.3) is 0 Å². The molecule has 0 saturated carbocycles. The molecule has 0 aromatic carbocycles. The molecule has 2 heterocycles. The average molecular weight is 242 g/mol. The number of esters is 1. The molecular formula is C12H18O5. The average Bonchev–Trinajstić information content (AvgIpc) is 2.75. The highest BCUT2D eigenvalue weighted by Crippen LogP contribution is 2.29. The third kappa shape index (κ3) is 3.06. The predicted molar refractivity (Wildman–Crippen MR) is 59.6 cm³/mol. The molecule has 0 bridgehead atoms. The Kier molecular flexibility index (Phi) is 3.81. The molecule has 0 unspecified atom stereocenters. The Morgan fingerprint density at radius 1 is 1.47 bits per heavy atom. The molecule has 0 aliphatic carbocycles. The van der Waals surface area contributed by atoms with Crippen LogP contribution in [-0.2, 0) is 23.7 Å². The molecule has 0 spiro atoms. The van der Waals surface area contributed by atoms with E-state index in [0.717, 1.165) is 0 Å². The monoisotopic (exact) mass is 242 g/mol. The summed E-state index contributed by atoms with van der Waals surface area (Å²) < 4.78 is 21.5. The lowest BCUT2D eigenvalue weighted by atomic mass is 10.0. The zero-order chi connectivity index (χ0) is 12.3. The molecular weight excluding hydrogens is 224 g/mol. The highest BCUT2D eigenvalue weighted by molar-refractivity contribution is 5.81. The summed E-state index contributed by atoms with van der Waals surface area (Å²) in [4.78, 5) is 10.9. The lowest BCUT2D eigenvalue weighted by Crippen LogP contribution is -2.49. The van der Waals surface area contributed by atoms with Crippen LogP contribution in [0.2, 0.25) is 0 Å². The fourth-order valence-corrected chi connectivity index (χ4v) is 2.04. The Balaban J connectivity index is 1.87. The molecule has 0 amide bonds. The van der Waals surface area contributed by atoms with Crippen molar-refractivity contribution in [1.29, 1.82) is 0 Å². The first-order valence-corrected chi connectivity index (χ1v) is 5.75. The summed E-state index contributed by atoms with van der Waals surface area (Å²) >= 11 is 0. The zero-order valence-electron chi connectivity index (χ0n) is 10.2. The summed E-state index contributed by atoms with van der Waals surface area (Å²) in [7, 11) is 1.36. The van der Waals surface area contributed by atoms with Crippen molar-refractivity contribution in [2.45, 2.75) is 31.2 Å². The Morgan fingerprint density at radius 2 is 2.24 bits per heavy atom. The maximum Gasteiger partial charge on any atom is 0.330 e. The highest BCUT2D eigenvalue weighted by atomic mass is 16.6. The van der Waals surface area contributed by atoms with Gasteiger partial charge in [0.2, 0.25) is 0 Å². The molecule has 17 heavy (non-hydrogen) atoms. The van der Waals surface area contributed by atoms with E-state index in [1.165, 1.54) is 13.2 Å². The molecule has 96 valence electrons. The zero-order valence-corrected chi connectivity index (χ0v) is 10.2. The topological polar surface area (TPSA) is 54.0 Å². The van der Waals surface area contributed by atoms with Crippen molar-refractivity contribution >= 4 is 5.97 Å². The molecule has 5 nitrogen and oxygen atoms in total. The van der Waals surface area contributed by atoms with E-state index in [0.29, 0.717) is 26.2 Å². The number of rotatable bonds is 3. The van der Waals surface area contributed by atoms with Gasteiger partial charge in [0.15, 0.2) is 0 Å². The first-order valence-electron chi connectivity index (χ1n) is 5.75. The van der Waals surface area contributed by atoms with Crippen molar-refractivity contribution < 1.29 is 23.7 Å². The van der Waals surface area contributed by atoms with E-state index in [4.69, 9.17) is 14.2 Å². The van der Waals surface area contributed by atoms with Crippen LogP contribution < -0.4 is 0 Å². The predicted octanol–water partition coefficient (Wildman–Crippen LogP) is 0.679. The normalized spacial score (nSPS) is 37.1. The lowest BCUT2D eigenvalue weighted by molar-refractivity contribution is -0.207. The van der Waals surface area contributed by atoms with E-state index in [9.17, 15) is 4.79 Å². The van der Waals surface area contributed by atoms with Crippen molar-refractivity contribution in [2.24, 2.45) is 0 Å². The second kappa shape index (κ2) is 5.16. The van der Waals surface area contributed by atoms with Crippen LogP contribution in [0.4, 0.5) is 0 Å². The van der Waals surface area contributed by atoms with Gasteiger partial charge in [0.05, 0.1) is 32.5 Å². The van der Waals surface area contributed by atoms with E-state index >= 15 is 0 Å². The summed E-state index contributed by atoms with van der Waals surface area (Å²) in [6.07, 6.45) is 3.86. The summed E-state index contributed by atoms with van der Waals surface area (Å²) in [6.45, 7) is 3.69. The van der Waals surface area contributed by atoms with Gasteiger partial charge in [-0.3, -0.25) is 0 Å². The van der Waals surface area contributed by atoms with Gasteiger partial charge in [-0.15, -0.1) is 0 Å². The van der Waals surface area contributed by atoms with Gasteiger partial charge >= 0.3 is 5.97 Å². The molecule has 2 aliphatic heterocycles. The Labute approximate surface area is 101 Å². The van der Waals surface area contributed by atoms with Crippen LogP contribution in [0.1, 0.15) is 13.3 Å². The third-order valence-electron chi connectivity index (χ3n) is 3.02. The van der Waals surface area contributed by atoms with E-state index in [1.54, 1.807) is 6.08 Å². The quantitative estimate of drug-likeness (QED) is 0.538. The summed E-state index contributed by atoms with van der Waals surface area (Å²) in [6, 6.07) is 0. The van der Waals surface area contributed by atoms with Crippen LogP contribution in [0, 0.1) is 0 Å². The number of ether oxygens (including phenoxy) is 4. The summed E-state index contributed by atoms with van der Waals surface area (Å²) in [5.41, 5.74) is -0.389. The van der Waals surface area contributed by atoms with E-state index in [2.05, 4.69) is 4.74 Å². The fourth-order valence-electron chi connectivity index (χ4n) is 2.04. The fraction of sp³-hybridized carbons (Fsp3) is 0.750. The molecule has 2 rings (SSSR count). The van der Waals surface area contributed by atoms with Crippen LogP contribution in [0.15, 0.2) is 12.2 Å². The number of fused-ring (bicyclic) bond motifs is 1. The number of hydrogen-bond donors (Lipinski definition) is 0. The van der Waals surface area contributed by atoms with Gasteiger partial charge in [0.1, 0.15) is 12.2 Å². The van der Waals surface area contributed by atoms with Crippen molar-refractivity contribution in [1.82, 2.24) is 0 Å².